The van der Waals surface area contributed by atoms with Gasteiger partial charge in [-0.15, -0.1) is 0 Å². The number of benzene rings is 2. The van der Waals surface area contributed by atoms with Crippen LogP contribution in [-0.2, 0) is 14.3 Å². The zero-order valence-electron chi connectivity index (χ0n) is 17.0. The highest BCUT2D eigenvalue weighted by Crippen LogP contribution is 2.35. The van der Waals surface area contributed by atoms with Gasteiger partial charge in [-0.05, 0) is 53.8 Å². The molecular formula is C23H22ClNO5. The summed E-state index contributed by atoms with van der Waals surface area (Å²) in [6, 6.07) is 12.6. The summed E-state index contributed by atoms with van der Waals surface area (Å²) >= 11 is 6.37. The molecule has 0 N–H and O–H groups in total. The zero-order chi connectivity index (χ0) is 22.1. The lowest BCUT2D eigenvalue weighted by Crippen LogP contribution is -2.06. The standard InChI is InChI=1S/C23H22ClNO5/c1-28-21(26)10-5-4-9-18(16-8-6-7-15(11-16)14-25)17-12-19(23(27)30-3)22(29-2)20(24)13-17/h6-9,11-13H,4-5,10H2,1-3H3/b18-9+. The Morgan fingerprint density at radius 3 is 2.50 bits per heavy atom. The Labute approximate surface area is 180 Å². The monoisotopic (exact) mass is 427 g/mol. The van der Waals surface area contributed by atoms with Crippen molar-refractivity contribution in [1.82, 2.24) is 0 Å². The molecule has 2 rings (SSSR count). The summed E-state index contributed by atoms with van der Waals surface area (Å²) in [5, 5.41) is 9.52. The van der Waals surface area contributed by atoms with Crippen LogP contribution in [0.15, 0.2) is 42.5 Å². The lowest BCUT2D eigenvalue weighted by Gasteiger charge is -2.15. The number of esters is 2. The number of ether oxygens (including phenoxy) is 3. The zero-order valence-corrected chi connectivity index (χ0v) is 17.8. The van der Waals surface area contributed by atoms with Gasteiger partial charge in [0.1, 0.15) is 5.56 Å². The van der Waals surface area contributed by atoms with Gasteiger partial charge >= 0.3 is 11.9 Å². The molecule has 0 atom stereocenters. The molecule has 6 nitrogen and oxygen atoms in total. The molecule has 0 aliphatic rings. The summed E-state index contributed by atoms with van der Waals surface area (Å²) in [5.74, 6) is -0.633. The molecule has 2 aromatic carbocycles. The Kier molecular flexibility index (Phi) is 8.45. The Bertz CT molecular complexity index is 1010. The maximum Gasteiger partial charge on any atom is 0.341 e. The van der Waals surface area contributed by atoms with Gasteiger partial charge in [0, 0.05) is 6.42 Å². The molecule has 0 radical (unpaired) electrons. The van der Waals surface area contributed by atoms with Gasteiger partial charge in [0.2, 0.25) is 0 Å². The number of carbonyl (C=O) groups is 2. The molecule has 0 aliphatic carbocycles. The molecule has 0 aromatic heterocycles. The van der Waals surface area contributed by atoms with Crippen molar-refractivity contribution in [1.29, 1.82) is 5.26 Å². The number of halogens is 1. The van der Waals surface area contributed by atoms with E-state index >= 15 is 0 Å². The van der Waals surface area contributed by atoms with Crippen LogP contribution in [0, 0.1) is 11.3 Å². The van der Waals surface area contributed by atoms with Crippen molar-refractivity contribution in [2.45, 2.75) is 19.3 Å². The summed E-state index contributed by atoms with van der Waals surface area (Å²) in [4.78, 5) is 23.6. The third kappa shape index (κ3) is 5.62. The quantitative estimate of drug-likeness (QED) is 0.445. The number of unbranched alkanes of at least 4 members (excludes halogenated alkanes) is 1. The van der Waals surface area contributed by atoms with Gasteiger partial charge in [-0.1, -0.05) is 29.8 Å². The Morgan fingerprint density at radius 1 is 1.10 bits per heavy atom. The predicted octanol–water partition coefficient (Wildman–Crippen LogP) is 4.78. The van der Waals surface area contributed by atoms with Gasteiger partial charge < -0.3 is 14.2 Å². The van der Waals surface area contributed by atoms with Gasteiger partial charge in [0.05, 0.1) is 38.0 Å². The summed E-state index contributed by atoms with van der Waals surface area (Å²) < 4.78 is 14.8. The Morgan fingerprint density at radius 2 is 1.87 bits per heavy atom. The molecule has 30 heavy (non-hydrogen) atoms. The molecule has 7 heteroatoms. The van der Waals surface area contributed by atoms with Gasteiger partial charge in [-0.3, -0.25) is 4.79 Å². The Hall–Kier alpha value is -3.30. The Balaban J connectivity index is 2.56. The highest BCUT2D eigenvalue weighted by atomic mass is 35.5. The first-order valence-electron chi connectivity index (χ1n) is 9.18. The molecule has 0 fully saturated rings. The van der Waals surface area contributed by atoms with E-state index in [-0.39, 0.29) is 28.7 Å². The number of hydrogen-bond acceptors (Lipinski definition) is 6. The molecule has 156 valence electrons. The van der Waals surface area contributed by atoms with Gasteiger partial charge in [-0.2, -0.15) is 5.26 Å². The van der Waals surface area contributed by atoms with Gasteiger partial charge in [0.15, 0.2) is 5.75 Å². The fourth-order valence-corrected chi connectivity index (χ4v) is 3.27. The number of nitriles is 1. The van der Waals surface area contributed by atoms with E-state index in [4.69, 9.17) is 21.1 Å². The van der Waals surface area contributed by atoms with Crippen LogP contribution in [0.4, 0.5) is 0 Å². The van der Waals surface area contributed by atoms with Crippen LogP contribution in [0.5, 0.6) is 5.75 Å². The molecular weight excluding hydrogens is 406 g/mol. The second-order valence-corrected chi connectivity index (χ2v) is 6.72. The minimum atomic E-state index is -0.577. The van der Waals surface area contributed by atoms with Crippen molar-refractivity contribution in [3.63, 3.8) is 0 Å². The van der Waals surface area contributed by atoms with Crippen molar-refractivity contribution in [3.05, 3.63) is 69.8 Å². The fraction of sp³-hybridized carbons (Fsp3) is 0.261. The van der Waals surface area contributed by atoms with Crippen molar-refractivity contribution in [2.75, 3.05) is 21.3 Å². The SMILES string of the molecule is COC(=O)CCC/C=C(\c1cccc(C#N)c1)c1cc(Cl)c(OC)c(C(=O)OC)c1. The van der Waals surface area contributed by atoms with Crippen molar-refractivity contribution < 1.29 is 23.8 Å². The molecule has 2 aromatic rings. The number of hydrogen-bond donors (Lipinski definition) is 0. The van der Waals surface area contributed by atoms with Crippen molar-refractivity contribution in [2.24, 2.45) is 0 Å². The first-order chi connectivity index (χ1) is 14.4. The van der Waals surface area contributed by atoms with Crippen molar-refractivity contribution in [3.8, 4) is 11.8 Å². The maximum atomic E-state index is 12.3. The van der Waals surface area contributed by atoms with Crippen LogP contribution < -0.4 is 4.74 Å². The van der Waals surface area contributed by atoms with Gasteiger partial charge in [-0.25, -0.2) is 4.79 Å². The highest BCUT2D eigenvalue weighted by Gasteiger charge is 2.19. The lowest BCUT2D eigenvalue weighted by atomic mass is 9.93. The van der Waals surface area contributed by atoms with E-state index < -0.39 is 5.97 Å². The molecule has 0 saturated carbocycles. The topological polar surface area (TPSA) is 85.6 Å². The second-order valence-electron chi connectivity index (χ2n) is 6.31. The number of allylic oxidation sites excluding steroid dienone is 1. The summed E-state index contributed by atoms with van der Waals surface area (Å²) in [7, 11) is 4.06. The largest absolute Gasteiger partial charge is 0.494 e. The average molecular weight is 428 g/mol. The number of methoxy groups -OCH3 is 3. The molecule has 0 heterocycles. The molecule has 0 aliphatic heterocycles. The van der Waals surface area contributed by atoms with Crippen LogP contribution in [0.1, 0.15) is 46.3 Å². The molecule has 0 amide bonds. The number of nitrogens with zero attached hydrogens (tertiary/aromatic N) is 1. The van der Waals surface area contributed by atoms with Crippen LogP contribution in [-0.4, -0.2) is 33.3 Å². The van der Waals surface area contributed by atoms with Crippen LogP contribution in [0.25, 0.3) is 5.57 Å². The van der Waals surface area contributed by atoms with E-state index in [0.29, 0.717) is 24.0 Å². The van der Waals surface area contributed by atoms with Crippen LogP contribution >= 0.6 is 11.6 Å². The summed E-state index contributed by atoms with van der Waals surface area (Å²) in [6.07, 6.45) is 3.40. The van der Waals surface area contributed by atoms with E-state index in [1.54, 1.807) is 30.3 Å². The minimum absolute atomic E-state index is 0.194. The van der Waals surface area contributed by atoms with E-state index in [1.807, 2.05) is 12.1 Å². The number of rotatable bonds is 8. The first-order valence-corrected chi connectivity index (χ1v) is 9.56. The van der Waals surface area contributed by atoms with Gasteiger partial charge in [0.25, 0.3) is 0 Å². The predicted molar refractivity (Wildman–Crippen MR) is 113 cm³/mol. The normalized spacial score (nSPS) is 10.8. The van der Waals surface area contributed by atoms with E-state index in [0.717, 1.165) is 11.1 Å². The number of carbonyl (C=O) groups excluding carboxylic acids is 2. The van der Waals surface area contributed by atoms with E-state index in [1.165, 1.54) is 21.3 Å². The third-order valence-corrected chi connectivity index (χ3v) is 4.71. The average Bonchev–Trinajstić information content (AvgIpc) is 2.77. The molecule has 0 bridgehead atoms. The highest BCUT2D eigenvalue weighted by molar-refractivity contribution is 6.33. The van der Waals surface area contributed by atoms with Crippen LogP contribution in [0.2, 0.25) is 5.02 Å². The summed E-state index contributed by atoms with van der Waals surface area (Å²) in [6.45, 7) is 0. The van der Waals surface area contributed by atoms with E-state index in [2.05, 4.69) is 10.8 Å². The smallest absolute Gasteiger partial charge is 0.341 e. The molecule has 0 unspecified atom stereocenters. The minimum Gasteiger partial charge on any atom is -0.494 e. The molecule has 0 spiro atoms. The van der Waals surface area contributed by atoms with Crippen LogP contribution in [0.3, 0.4) is 0 Å². The van der Waals surface area contributed by atoms with E-state index in [9.17, 15) is 14.9 Å². The maximum absolute atomic E-state index is 12.3. The second kappa shape index (κ2) is 11.0. The first kappa shape index (κ1) is 23.0. The lowest BCUT2D eigenvalue weighted by molar-refractivity contribution is -0.140. The van der Waals surface area contributed by atoms with Crippen molar-refractivity contribution >= 4 is 29.1 Å². The summed E-state index contributed by atoms with van der Waals surface area (Å²) in [5.41, 5.74) is 2.91. The molecule has 0 saturated heterocycles. The third-order valence-electron chi connectivity index (χ3n) is 4.43. The fourth-order valence-electron chi connectivity index (χ4n) is 2.97.